The van der Waals surface area contributed by atoms with Crippen LogP contribution in [0.25, 0.3) is 0 Å². The molecule has 10 heavy (non-hydrogen) atoms. The van der Waals surface area contributed by atoms with E-state index < -0.39 is 0 Å². The van der Waals surface area contributed by atoms with Gasteiger partial charge < -0.3 is 4.43 Å². The second-order valence-electron chi connectivity index (χ2n) is 1.92. The maximum Gasteiger partial charge on any atom is 0.146 e. The number of terminal acetylenes is 1. The molecule has 0 aromatic rings. The first-order chi connectivity index (χ1) is 4.74. The summed E-state index contributed by atoms with van der Waals surface area (Å²) in [7, 11) is 0.692. The summed E-state index contributed by atoms with van der Waals surface area (Å²) in [5.41, 5.74) is 0.876. The molecule has 1 unspecified atom stereocenters. The molecule has 0 spiro atoms. The van der Waals surface area contributed by atoms with Crippen molar-refractivity contribution in [1.82, 2.24) is 0 Å². The Bertz CT molecular complexity index is 155. The fourth-order valence-corrected chi connectivity index (χ4v) is 1.23. The van der Waals surface area contributed by atoms with Gasteiger partial charge in [0.15, 0.2) is 0 Å². The molecular weight excluding hydrogens is 164 g/mol. The monoisotopic (exact) mass is 174 g/mol. The molecule has 0 fully saturated rings. The highest BCUT2D eigenvalue weighted by Gasteiger charge is 1.98. The van der Waals surface area contributed by atoms with Gasteiger partial charge in [-0.15, -0.1) is 18.0 Å². The van der Waals surface area contributed by atoms with Crippen LogP contribution in [0.15, 0.2) is 11.6 Å². The van der Waals surface area contributed by atoms with Gasteiger partial charge in [-0.05, 0) is 18.6 Å². The molecule has 0 saturated carbocycles. The molecule has 0 bridgehead atoms. The van der Waals surface area contributed by atoms with E-state index in [0.717, 1.165) is 5.57 Å². The second kappa shape index (κ2) is 5.54. The molecule has 0 aliphatic heterocycles. The highest BCUT2D eigenvalue weighted by molar-refractivity contribution is 6.18. The topological polar surface area (TPSA) is 9.23 Å². The van der Waals surface area contributed by atoms with Crippen molar-refractivity contribution in [2.45, 2.75) is 13.0 Å². The average molecular weight is 175 g/mol. The Labute approximate surface area is 69.9 Å². The van der Waals surface area contributed by atoms with Crippen molar-refractivity contribution in [3.8, 4) is 12.3 Å². The molecule has 0 saturated heterocycles. The van der Waals surface area contributed by atoms with Gasteiger partial charge in [-0.3, -0.25) is 0 Å². The van der Waals surface area contributed by atoms with Gasteiger partial charge in [0.05, 0.1) is 12.0 Å². The predicted octanol–water partition coefficient (Wildman–Crippen LogP) is 0.470. The second-order valence-corrected chi connectivity index (χ2v) is 2.70. The van der Waals surface area contributed by atoms with Crippen LogP contribution in [-0.4, -0.2) is 22.5 Å². The number of rotatable bonds is 3. The van der Waals surface area contributed by atoms with Gasteiger partial charge in [-0.2, -0.15) is 0 Å². The van der Waals surface area contributed by atoms with Gasteiger partial charge in [-0.25, -0.2) is 0 Å². The molecule has 3 heteroatoms. The van der Waals surface area contributed by atoms with Crippen LogP contribution >= 0.6 is 11.6 Å². The highest BCUT2D eigenvalue weighted by Crippen LogP contribution is 1.99. The quantitative estimate of drug-likeness (QED) is 0.344. The smallest absolute Gasteiger partial charge is 0.146 e. The molecule has 0 rings (SSSR count). The van der Waals surface area contributed by atoms with Crippen LogP contribution in [0.3, 0.4) is 0 Å². The van der Waals surface area contributed by atoms with E-state index in [-0.39, 0.29) is 6.10 Å². The minimum atomic E-state index is 0.00406. The molecule has 1 nitrogen and oxygen atoms in total. The Morgan fingerprint density at radius 2 is 2.60 bits per heavy atom. The van der Waals surface area contributed by atoms with Crippen molar-refractivity contribution in [3.63, 3.8) is 0 Å². The summed E-state index contributed by atoms with van der Waals surface area (Å²) in [5, 5.41) is 0. The van der Waals surface area contributed by atoms with Crippen molar-refractivity contribution >= 4 is 22.1 Å². The molecule has 56 valence electrons. The van der Waals surface area contributed by atoms with E-state index in [1.165, 1.54) is 0 Å². The number of halogens is 1. The number of allylic oxidation sites excluding steroid dienone is 1. The number of hydrogen-bond donors (Lipinski definition) is 0. The Morgan fingerprint density at radius 3 is 2.90 bits per heavy atom. The minimum absolute atomic E-state index is 0.00406. The van der Waals surface area contributed by atoms with Crippen LogP contribution in [0.1, 0.15) is 6.92 Å². The lowest BCUT2D eigenvalue weighted by atomic mass is 10.2. The molecule has 0 aromatic heterocycles. The summed E-state index contributed by atoms with van der Waals surface area (Å²) in [6.45, 7) is 1.86. The van der Waals surface area contributed by atoms with E-state index in [9.17, 15) is 0 Å². The average Bonchev–Trinajstić information content (AvgIpc) is 1.99. The molecule has 1 atom stereocenters. The first-order valence-electron chi connectivity index (χ1n) is 2.98. The lowest BCUT2D eigenvalue weighted by Gasteiger charge is -2.06. The number of alkyl halides is 1. The van der Waals surface area contributed by atoms with E-state index in [2.05, 4.69) is 5.92 Å². The first kappa shape index (κ1) is 9.77. The Hall–Kier alpha value is -0.233. The standard InChI is InChI=1S/C7H11ClOSi/c1-3-6(2)4-7(5-8)9-10/h1,4,7H,5H2,2,10H3. The SMILES string of the molecule is C#CC(C)=CC(CCl)O[SiH3]. The minimum Gasteiger partial charge on any atom is -0.420 e. The lowest BCUT2D eigenvalue weighted by molar-refractivity contribution is 0.300. The largest absolute Gasteiger partial charge is 0.420 e. The van der Waals surface area contributed by atoms with Gasteiger partial charge in [0, 0.05) is 0 Å². The predicted molar refractivity (Wildman–Crippen MR) is 48.1 cm³/mol. The van der Waals surface area contributed by atoms with E-state index in [1.54, 1.807) is 0 Å². The van der Waals surface area contributed by atoms with E-state index in [4.69, 9.17) is 22.5 Å². The zero-order valence-corrected chi connectivity index (χ0v) is 8.98. The summed E-state index contributed by atoms with van der Waals surface area (Å²) >= 11 is 5.55. The third-order valence-electron chi connectivity index (χ3n) is 1.12. The van der Waals surface area contributed by atoms with Crippen LogP contribution in [0, 0.1) is 12.3 Å². The van der Waals surface area contributed by atoms with Gasteiger partial charge in [0.2, 0.25) is 0 Å². The molecule has 0 N–H and O–H groups in total. The third-order valence-corrected chi connectivity index (χ3v) is 2.03. The van der Waals surface area contributed by atoms with Crippen LogP contribution in [-0.2, 0) is 4.43 Å². The lowest BCUT2D eigenvalue weighted by Crippen LogP contribution is -2.09. The molecule has 0 aliphatic rings. The van der Waals surface area contributed by atoms with Crippen molar-refractivity contribution in [1.29, 1.82) is 0 Å². The van der Waals surface area contributed by atoms with Crippen LogP contribution in [0.2, 0.25) is 0 Å². The number of hydrogen-bond acceptors (Lipinski definition) is 1. The molecule has 0 radical (unpaired) electrons. The van der Waals surface area contributed by atoms with Crippen molar-refractivity contribution in [3.05, 3.63) is 11.6 Å². The molecule has 0 heterocycles. The molecular formula is C7H11ClOSi. The zero-order valence-electron chi connectivity index (χ0n) is 6.23. The van der Waals surface area contributed by atoms with Gasteiger partial charge >= 0.3 is 0 Å². The molecule has 0 aliphatic carbocycles. The van der Waals surface area contributed by atoms with Crippen molar-refractivity contribution in [2.24, 2.45) is 0 Å². The normalized spacial score (nSPS) is 14.7. The zero-order chi connectivity index (χ0) is 7.98. The summed E-state index contributed by atoms with van der Waals surface area (Å²) in [6, 6.07) is 0. The van der Waals surface area contributed by atoms with Crippen LogP contribution in [0.4, 0.5) is 0 Å². The van der Waals surface area contributed by atoms with Gasteiger partial charge in [0.25, 0.3) is 0 Å². The Kier molecular flexibility index (Phi) is 5.41. The van der Waals surface area contributed by atoms with Crippen LogP contribution < -0.4 is 0 Å². The highest BCUT2D eigenvalue weighted by atomic mass is 35.5. The molecule has 0 amide bonds. The Balaban J connectivity index is 3.96. The van der Waals surface area contributed by atoms with Crippen LogP contribution in [0.5, 0.6) is 0 Å². The van der Waals surface area contributed by atoms with Crippen molar-refractivity contribution < 1.29 is 4.43 Å². The first-order valence-corrected chi connectivity index (χ1v) is 4.33. The van der Waals surface area contributed by atoms with E-state index >= 15 is 0 Å². The summed E-state index contributed by atoms with van der Waals surface area (Å²) < 4.78 is 5.11. The van der Waals surface area contributed by atoms with E-state index in [1.807, 2.05) is 13.0 Å². The maximum absolute atomic E-state index is 5.55. The summed E-state index contributed by atoms with van der Waals surface area (Å²) in [6.07, 6.45) is 6.99. The fraction of sp³-hybridized carbons (Fsp3) is 0.429. The fourth-order valence-electron chi connectivity index (χ4n) is 0.503. The Morgan fingerprint density at radius 1 is 2.00 bits per heavy atom. The van der Waals surface area contributed by atoms with Crippen molar-refractivity contribution in [2.75, 3.05) is 5.88 Å². The molecule has 0 aromatic carbocycles. The van der Waals surface area contributed by atoms with E-state index in [0.29, 0.717) is 16.4 Å². The maximum atomic E-state index is 5.55. The third kappa shape index (κ3) is 3.73. The van der Waals surface area contributed by atoms with Gasteiger partial charge in [0.1, 0.15) is 10.5 Å². The summed E-state index contributed by atoms with van der Waals surface area (Å²) in [4.78, 5) is 0. The van der Waals surface area contributed by atoms with Gasteiger partial charge in [-0.1, -0.05) is 5.92 Å². The summed E-state index contributed by atoms with van der Waals surface area (Å²) in [5.74, 6) is 2.98.